The van der Waals surface area contributed by atoms with Crippen molar-refractivity contribution in [3.63, 3.8) is 0 Å². The van der Waals surface area contributed by atoms with Crippen molar-refractivity contribution in [1.29, 1.82) is 0 Å². The molecule has 0 bridgehead atoms. The fourth-order valence-corrected chi connectivity index (χ4v) is 2.02. The van der Waals surface area contributed by atoms with Crippen LogP contribution in [0, 0.1) is 6.92 Å². The highest BCUT2D eigenvalue weighted by molar-refractivity contribution is 5.38. The van der Waals surface area contributed by atoms with Gasteiger partial charge in [0.1, 0.15) is 5.75 Å². The van der Waals surface area contributed by atoms with Crippen molar-refractivity contribution < 1.29 is 15.3 Å². The summed E-state index contributed by atoms with van der Waals surface area (Å²) in [5.41, 5.74) is 1.05. The molecule has 102 valence electrons. The minimum absolute atomic E-state index is 0.142. The van der Waals surface area contributed by atoms with Crippen molar-refractivity contribution in [2.45, 2.75) is 38.8 Å². The Morgan fingerprint density at radius 3 is 2.33 bits per heavy atom. The summed E-state index contributed by atoms with van der Waals surface area (Å²) in [7, 11) is 0. The van der Waals surface area contributed by atoms with Crippen LogP contribution in [-0.2, 0) is 0 Å². The van der Waals surface area contributed by atoms with Crippen LogP contribution in [0.1, 0.15) is 37.4 Å². The first-order chi connectivity index (χ1) is 8.48. The Morgan fingerprint density at radius 1 is 1.28 bits per heavy atom. The summed E-state index contributed by atoms with van der Waals surface area (Å²) in [5, 5.41) is 31.9. The highest BCUT2D eigenvalue weighted by atomic mass is 16.3. The second-order valence-corrected chi connectivity index (χ2v) is 4.88. The molecule has 0 aliphatic carbocycles. The van der Waals surface area contributed by atoms with E-state index >= 15 is 0 Å². The Morgan fingerprint density at radius 2 is 1.89 bits per heavy atom. The van der Waals surface area contributed by atoms with Gasteiger partial charge in [0.15, 0.2) is 0 Å². The molecule has 1 unspecified atom stereocenters. The molecule has 0 spiro atoms. The number of aliphatic hydroxyl groups excluding tert-OH is 2. The molecule has 0 aliphatic rings. The number of aromatic hydroxyl groups is 1. The molecule has 0 fully saturated rings. The number of benzene rings is 1. The molecule has 0 saturated heterocycles. The largest absolute Gasteiger partial charge is 0.508 e. The van der Waals surface area contributed by atoms with E-state index in [1.54, 1.807) is 6.07 Å². The first-order valence-corrected chi connectivity index (χ1v) is 6.27. The molecule has 18 heavy (non-hydrogen) atoms. The third-order valence-electron chi connectivity index (χ3n) is 3.46. The summed E-state index contributed by atoms with van der Waals surface area (Å²) < 4.78 is 0. The van der Waals surface area contributed by atoms with Crippen LogP contribution in [0.25, 0.3) is 0 Å². The minimum atomic E-state index is -0.712. The van der Waals surface area contributed by atoms with Gasteiger partial charge in [0.05, 0.1) is 18.8 Å². The summed E-state index contributed by atoms with van der Waals surface area (Å²) in [6.07, 6.45) is 0.608. The molecule has 0 amide bonds. The van der Waals surface area contributed by atoms with Gasteiger partial charge in [-0.15, -0.1) is 0 Å². The first-order valence-electron chi connectivity index (χ1n) is 6.27. The molecule has 1 atom stereocenters. The molecular weight excluding hydrogens is 230 g/mol. The Kier molecular flexibility index (Phi) is 5.14. The van der Waals surface area contributed by atoms with Gasteiger partial charge in [0.2, 0.25) is 0 Å². The van der Waals surface area contributed by atoms with Gasteiger partial charge < -0.3 is 20.6 Å². The second-order valence-electron chi connectivity index (χ2n) is 4.88. The van der Waals surface area contributed by atoms with E-state index in [9.17, 15) is 15.3 Å². The van der Waals surface area contributed by atoms with Gasteiger partial charge in [-0.2, -0.15) is 0 Å². The van der Waals surface area contributed by atoms with Crippen molar-refractivity contribution in [2.75, 3.05) is 13.2 Å². The van der Waals surface area contributed by atoms with Crippen molar-refractivity contribution in [2.24, 2.45) is 0 Å². The maximum Gasteiger partial charge on any atom is 0.120 e. The van der Waals surface area contributed by atoms with E-state index in [1.807, 2.05) is 32.9 Å². The lowest BCUT2D eigenvalue weighted by Gasteiger charge is -2.33. The van der Waals surface area contributed by atoms with Crippen LogP contribution < -0.4 is 5.32 Å². The van der Waals surface area contributed by atoms with Crippen molar-refractivity contribution in [3.05, 3.63) is 29.3 Å². The number of hydrogen-bond acceptors (Lipinski definition) is 4. The van der Waals surface area contributed by atoms with Crippen LogP contribution in [0.5, 0.6) is 5.75 Å². The maximum absolute atomic E-state index is 9.91. The van der Waals surface area contributed by atoms with Crippen LogP contribution in [0.3, 0.4) is 0 Å². The molecule has 1 aromatic carbocycles. The summed E-state index contributed by atoms with van der Waals surface area (Å²) in [5.74, 6) is 0.232. The minimum Gasteiger partial charge on any atom is -0.508 e. The Hall–Kier alpha value is -1.10. The van der Waals surface area contributed by atoms with E-state index in [-0.39, 0.29) is 25.0 Å². The number of phenols is 1. The van der Waals surface area contributed by atoms with E-state index in [0.717, 1.165) is 11.1 Å². The number of aryl methyl sites for hydroxylation is 1. The van der Waals surface area contributed by atoms with E-state index in [4.69, 9.17) is 0 Å². The number of aliphatic hydroxyl groups is 2. The van der Waals surface area contributed by atoms with Gasteiger partial charge in [0.25, 0.3) is 0 Å². The van der Waals surface area contributed by atoms with E-state index in [2.05, 4.69) is 5.32 Å². The molecule has 1 rings (SSSR count). The molecule has 0 saturated carbocycles. The highest BCUT2D eigenvalue weighted by Gasteiger charge is 2.29. The zero-order chi connectivity index (χ0) is 13.8. The lowest BCUT2D eigenvalue weighted by Crippen LogP contribution is -2.52. The zero-order valence-corrected chi connectivity index (χ0v) is 11.3. The topological polar surface area (TPSA) is 72.7 Å². The fourth-order valence-electron chi connectivity index (χ4n) is 2.02. The maximum atomic E-state index is 9.91. The second kappa shape index (κ2) is 6.18. The molecule has 0 radical (unpaired) electrons. The van der Waals surface area contributed by atoms with Crippen LogP contribution in [0.15, 0.2) is 18.2 Å². The molecule has 0 heterocycles. The van der Waals surface area contributed by atoms with Crippen molar-refractivity contribution in [1.82, 2.24) is 5.32 Å². The molecular formula is C14H23NO3. The van der Waals surface area contributed by atoms with Gasteiger partial charge in [-0.25, -0.2) is 0 Å². The molecule has 4 nitrogen and oxygen atoms in total. The van der Waals surface area contributed by atoms with Crippen LogP contribution >= 0.6 is 0 Å². The van der Waals surface area contributed by atoms with Gasteiger partial charge in [-0.3, -0.25) is 0 Å². The zero-order valence-electron chi connectivity index (χ0n) is 11.3. The Labute approximate surface area is 108 Å². The Bertz CT molecular complexity index is 380. The summed E-state index contributed by atoms with van der Waals surface area (Å²) >= 11 is 0. The third kappa shape index (κ3) is 3.22. The lowest BCUT2D eigenvalue weighted by molar-refractivity contribution is 0.0790. The van der Waals surface area contributed by atoms with E-state index < -0.39 is 5.54 Å². The number of rotatable bonds is 6. The first kappa shape index (κ1) is 15.0. The summed E-state index contributed by atoms with van der Waals surface area (Å²) in [6.45, 7) is 5.44. The summed E-state index contributed by atoms with van der Waals surface area (Å²) in [4.78, 5) is 0. The third-order valence-corrected chi connectivity index (χ3v) is 3.46. The quantitative estimate of drug-likeness (QED) is 0.620. The SMILES string of the molecule is CCC(CO)(CO)NC(C)c1ccc(C)cc1O. The van der Waals surface area contributed by atoms with E-state index in [0.29, 0.717) is 6.42 Å². The molecule has 4 N–H and O–H groups in total. The number of hydrogen-bond donors (Lipinski definition) is 4. The van der Waals surface area contributed by atoms with Crippen LogP contribution in [0.4, 0.5) is 0 Å². The van der Waals surface area contributed by atoms with Gasteiger partial charge in [0, 0.05) is 11.6 Å². The predicted octanol–water partition coefficient (Wildman–Crippen LogP) is 1.48. The Balaban J connectivity index is 2.90. The van der Waals surface area contributed by atoms with Crippen LogP contribution in [0.2, 0.25) is 0 Å². The molecule has 4 heteroatoms. The van der Waals surface area contributed by atoms with Crippen LogP contribution in [-0.4, -0.2) is 34.1 Å². The molecule has 0 aromatic heterocycles. The van der Waals surface area contributed by atoms with Crippen molar-refractivity contribution >= 4 is 0 Å². The fraction of sp³-hybridized carbons (Fsp3) is 0.571. The predicted molar refractivity (Wildman–Crippen MR) is 71.6 cm³/mol. The average Bonchev–Trinajstić information content (AvgIpc) is 2.36. The van der Waals surface area contributed by atoms with Gasteiger partial charge >= 0.3 is 0 Å². The molecule has 1 aromatic rings. The number of phenolic OH excluding ortho intramolecular Hbond substituents is 1. The monoisotopic (exact) mass is 253 g/mol. The number of nitrogens with one attached hydrogen (secondary N) is 1. The standard InChI is InChI=1S/C14H23NO3/c1-4-14(8-16,9-17)15-11(3)12-6-5-10(2)7-13(12)18/h5-7,11,15-18H,4,8-9H2,1-3H3. The summed E-state index contributed by atoms with van der Waals surface area (Å²) in [6, 6.07) is 5.35. The average molecular weight is 253 g/mol. The smallest absolute Gasteiger partial charge is 0.120 e. The van der Waals surface area contributed by atoms with Crippen molar-refractivity contribution in [3.8, 4) is 5.75 Å². The lowest BCUT2D eigenvalue weighted by atomic mass is 9.95. The highest BCUT2D eigenvalue weighted by Crippen LogP contribution is 2.27. The molecule has 0 aliphatic heterocycles. The van der Waals surface area contributed by atoms with Gasteiger partial charge in [-0.05, 0) is 31.9 Å². The normalized spacial score (nSPS) is 13.6. The van der Waals surface area contributed by atoms with E-state index in [1.165, 1.54) is 0 Å². The van der Waals surface area contributed by atoms with Gasteiger partial charge in [-0.1, -0.05) is 19.1 Å².